The molecule has 0 saturated heterocycles. The van der Waals surface area contributed by atoms with Crippen LogP contribution in [0.1, 0.15) is 18.6 Å². The van der Waals surface area contributed by atoms with Crippen LogP contribution in [0.2, 0.25) is 0 Å². The molecule has 0 amide bonds. The first-order chi connectivity index (χ1) is 10.9. The first-order valence-electron chi connectivity index (χ1n) is 7.23. The molecule has 2 aromatic rings. The van der Waals surface area contributed by atoms with E-state index in [-0.39, 0.29) is 4.90 Å². The number of hydrogen-bond donors (Lipinski definition) is 1. The Labute approximate surface area is 137 Å². The number of benzene rings is 2. The van der Waals surface area contributed by atoms with Crippen molar-refractivity contribution in [2.75, 3.05) is 14.2 Å². The average Bonchev–Trinajstić information content (AvgIpc) is 2.60. The maximum atomic E-state index is 12.7. The number of likely N-dealkylation sites (N-methyl/N-ethyl adjacent to an activating group) is 1. The van der Waals surface area contributed by atoms with E-state index in [1.807, 2.05) is 18.2 Å². The second-order valence-corrected chi connectivity index (χ2v) is 7.29. The highest BCUT2D eigenvalue weighted by Gasteiger charge is 2.30. The second kappa shape index (κ2) is 7.12. The van der Waals surface area contributed by atoms with Crippen molar-refractivity contribution < 1.29 is 18.3 Å². The van der Waals surface area contributed by atoms with Crippen LogP contribution in [0.25, 0.3) is 0 Å². The third-order valence-electron chi connectivity index (χ3n) is 3.91. The van der Waals surface area contributed by atoms with E-state index in [0.29, 0.717) is 11.3 Å². The van der Waals surface area contributed by atoms with Gasteiger partial charge in [0.05, 0.1) is 24.2 Å². The zero-order chi connectivity index (χ0) is 17.0. The summed E-state index contributed by atoms with van der Waals surface area (Å²) in [5.41, 5.74) is 0.678. The van der Waals surface area contributed by atoms with Crippen LogP contribution in [0.4, 0.5) is 0 Å². The van der Waals surface area contributed by atoms with Crippen molar-refractivity contribution in [3.63, 3.8) is 0 Å². The van der Waals surface area contributed by atoms with Crippen LogP contribution in [0.15, 0.2) is 59.5 Å². The average molecular weight is 335 g/mol. The Morgan fingerprint density at radius 3 is 2.13 bits per heavy atom. The van der Waals surface area contributed by atoms with Crippen LogP contribution < -0.4 is 4.74 Å². The predicted molar refractivity (Wildman–Crippen MR) is 88.8 cm³/mol. The highest BCUT2D eigenvalue weighted by Crippen LogP contribution is 2.25. The SMILES string of the molecule is COc1ccc(S(=O)(=O)N(C)[C@H](C)[C@@H](O)c2ccccc2)cc1. The van der Waals surface area contributed by atoms with Gasteiger partial charge in [-0.25, -0.2) is 8.42 Å². The minimum atomic E-state index is -3.70. The molecule has 0 unspecified atom stereocenters. The van der Waals surface area contributed by atoms with Gasteiger partial charge in [-0.05, 0) is 36.8 Å². The summed E-state index contributed by atoms with van der Waals surface area (Å²) in [6.07, 6.45) is -0.908. The maximum absolute atomic E-state index is 12.7. The lowest BCUT2D eigenvalue weighted by Gasteiger charge is -2.28. The highest BCUT2D eigenvalue weighted by atomic mass is 32.2. The zero-order valence-corrected chi connectivity index (χ0v) is 14.2. The fourth-order valence-corrected chi connectivity index (χ4v) is 3.63. The molecule has 0 saturated carbocycles. The molecule has 0 heterocycles. The van der Waals surface area contributed by atoms with Gasteiger partial charge in [0, 0.05) is 7.05 Å². The quantitative estimate of drug-likeness (QED) is 0.880. The Bertz CT molecular complexity index is 729. The summed E-state index contributed by atoms with van der Waals surface area (Å²) in [6.45, 7) is 1.68. The molecule has 0 radical (unpaired) electrons. The molecule has 2 atom stereocenters. The predicted octanol–water partition coefficient (Wildman–Crippen LogP) is 2.44. The molecule has 1 N–H and O–H groups in total. The molecule has 23 heavy (non-hydrogen) atoms. The largest absolute Gasteiger partial charge is 0.497 e. The van der Waals surface area contributed by atoms with Gasteiger partial charge in [0.1, 0.15) is 5.75 Å². The van der Waals surface area contributed by atoms with Crippen molar-refractivity contribution in [1.29, 1.82) is 0 Å². The maximum Gasteiger partial charge on any atom is 0.243 e. The third-order valence-corrected chi connectivity index (χ3v) is 5.87. The zero-order valence-electron chi connectivity index (χ0n) is 13.4. The van der Waals surface area contributed by atoms with Gasteiger partial charge in [0.15, 0.2) is 0 Å². The van der Waals surface area contributed by atoms with Crippen LogP contribution in [-0.4, -0.2) is 38.0 Å². The molecule has 124 valence electrons. The molecule has 0 aliphatic rings. The summed E-state index contributed by atoms with van der Waals surface area (Å²) in [4.78, 5) is 0.160. The summed E-state index contributed by atoms with van der Waals surface area (Å²) in [5, 5.41) is 10.4. The fraction of sp³-hybridized carbons (Fsp3) is 0.294. The molecule has 0 bridgehead atoms. The minimum Gasteiger partial charge on any atom is -0.497 e. The Morgan fingerprint density at radius 2 is 1.61 bits per heavy atom. The molecule has 0 aromatic heterocycles. The summed E-state index contributed by atoms with van der Waals surface area (Å²) in [5.74, 6) is 0.587. The van der Waals surface area contributed by atoms with E-state index in [9.17, 15) is 13.5 Å². The van der Waals surface area contributed by atoms with Crippen molar-refractivity contribution in [2.24, 2.45) is 0 Å². The van der Waals surface area contributed by atoms with E-state index >= 15 is 0 Å². The van der Waals surface area contributed by atoms with Gasteiger partial charge in [-0.3, -0.25) is 0 Å². The first-order valence-corrected chi connectivity index (χ1v) is 8.67. The van der Waals surface area contributed by atoms with Crippen molar-refractivity contribution in [1.82, 2.24) is 4.31 Å². The molecule has 0 aliphatic heterocycles. The van der Waals surface area contributed by atoms with Gasteiger partial charge in [0.2, 0.25) is 10.0 Å². The summed E-state index contributed by atoms with van der Waals surface area (Å²) < 4.78 is 31.6. The van der Waals surface area contributed by atoms with Crippen LogP contribution >= 0.6 is 0 Å². The number of aliphatic hydroxyl groups excluding tert-OH is 1. The van der Waals surface area contributed by atoms with Gasteiger partial charge in [-0.1, -0.05) is 30.3 Å². The van der Waals surface area contributed by atoms with E-state index in [1.54, 1.807) is 31.2 Å². The minimum absolute atomic E-state index is 0.160. The molecule has 2 aromatic carbocycles. The van der Waals surface area contributed by atoms with Crippen molar-refractivity contribution in [3.05, 3.63) is 60.2 Å². The number of methoxy groups -OCH3 is 1. The van der Waals surface area contributed by atoms with Crippen molar-refractivity contribution >= 4 is 10.0 Å². The van der Waals surface area contributed by atoms with Crippen LogP contribution in [0.3, 0.4) is 0 Å². The smallest absolute Gasteiger partial charge is 0.243 e. The number of nitrogens with zero attached hydrogens (tertiary/aromatic N) is 1. The standard InChI is InChI=1S/C17H21NO4S/c1-13(17(19)14-7-5-4-6-8-14)18(2)23(20,21)16-11-9-15(22-3)10-12-16/h4-13,17,19H,1-3H3/t13-,17-/m1/s1. The van der Waals surface area contributed by atoms with E-state index in [4.69, 9.17) is 4.74 Å². The Kier molecular flexibility index (Phi) is 5.41. The topological polar surface area (TPSA) is 66.8 Å². The number of hydrogen-bond acceptors (Lipinski definition) is 4. The summed E-state index contributed by atoms with van der Waals surface area (Å²) in [7, 11) is -0.708. The Hall–Kier alpha value is -1.89. The molecule has 0 aliphatic carbocycles. The van der Waals surface area contributed by atoms with E-state index in [1.165, 1.54) is 30.6 Å². The van der Waals surface area contributed by atoms with E-state index in [2.05, 4.69) is 0 Å². The molecular weight excluding hydrogens is 314 g/mol. The lowest BCUT2D eigenvalue weighted by Crippen LogP contribution is -2.39. The number of sulfonamides is 1. The molecule has 5 nitrogen and oxygen atoms in total. The molecule has 6 heteroatoms. The first kappa shape index (κ1) is 17.5. The summed E-state index contributed by atoms with van der Waals surface area (Å²) >= 11 is 0. The van der Waals surface area contributed by atoms with E-state index < -0.39 is 22.2 Å². The normalized spacial score (nSPS) is 14.5. The van der Waals surface area contributed by atoms with Gasteiger partial charge < -0.3 is 9.84 Å². The Balaban J connectivity index is 2.24. The lowest BCUT2D eigenvalue weighted by atomic mass is 10.0. The number of rotatable bonds is 6. The van der Waals surface area contributed by atoms with Crippen LogP contribution in [0, 0.1) is 0 Å². The fourth-order valence-electron chi connectivity index (χ4n) is 2.26. The molecule has 0 fully saturated rings. The lowest BCUT2D eigenvalue weighted by molar-refractivity contribution is 0.108. The summed E-state index contributed by atoms with van der Waals surface area (Å²) in [6, 6.07) is 14.6. The molecular formula is C17H21NO4S. The van der Waals surface area contributed by atoms with Crippen LogP contribution in [-0.2, 0) is 10.0 Å². The third kappa shape index (κ3) is 3.72. The van der Waals surface area contributed by atoms with Gasteiger partial charge in [-0.2, -0.15) is 4.31 Å². The van der Waals surface area contributed by atoms with Gasteiger partial charge >= 0.3 is 0 Å². The second-order valence-electron chi connectivity index (χ2n) is 5.29. The van der Waals surface area contributed by atoms with Gasteiger partial charge in [-0.15, -0.1) is 0 Å². The van der Waals surface area contributed by atoms with E-state index in [0.717, 1.165) is 0 Å². The van der Waals surface area contributed by atoms with Crippen molar-refractivity contribution in [2.45, 2.75) is 24.0 Å². The monoisotopic (exact) mass is 335 g/mol. The number of aliphatic hydroxyl groups is 1. The van der Waals surface area contributed by atoms with Crippen LogP contribution in [0.5, 0.6) is 5.75 Å². The molecule has 0 spiro atoms. The highest BCUT2D eigenvalue weighted by molar-refractivity contribution is 7.89. The Morgan fingerprint density at radius 1 is 1.04 bits per heavy atom. The van der Waals surface area contributed by atoms with Gasteiger partial charge in [0.25, 0.3) is 0 Å². The van der Waals surface area contributed by atoms with Crippen molar-refractivity contribution in [3.8, 4) is 5.75 Å². The number of ether oxygens (including phenoxy) is 1. The molecule has 2 rings (SSSR count).